The lowest BCUT2D eigenvalue weighted by atomic mass is 9.74. The van der Waals surface area contributed by atoms with E-state index in [0.717, 1.165) is 43.0 Å². The molecule has 7 heteroatoms. The van der Waals surface area contributed by atoms with E-state index in [-0.39, 0.29) is 24.2 Å². The van der Waals surface area contributed by atoms with Crippen molar-refractivity contribution in [2.24, 2.45) is 11.8 Å². The number of aliphatic hydroxyl groups excluding tert-OH is 1. The van der Waals surface area contributed by atoms with Gasteiger partial charge in [-0.3, -0.25) is 0 Å². The van der Waals surface area contributed by atoms with Crippen LogP contribution in [0.4, 0.5) is 5.69 Å². The maximum atomic E-state index is 9.82. The predicted molar refractivity (Wildman–Crippen MR) is 85.9 cm³/mol. The van der Waals surface area contributed by atoms with Crippen LogP contribution in [0.15, 0.2) is 12.4 Å². The number of hydrogen-bond acceptors (Lipinski definition) is 6. The van der Waals surface area contributed by atoms with E-state index in [2.05, 4.69) is 26.3 Å². The third-order valence-electron chi connectivity index (χ3n) is 6.60. The molecule has 1 saturated carbocycles. The van der Waals surface area contributed by atoms with Crippen LogP contribution >= 0.6 is 0 Å². The zero-order chi connectivity index (χ0) is 15.9. The number of aliphatic hydroxyl groups is 1. The first-order valence-corrected chi connectivity index (χ1v) is 9.02. The van der Waals surface area contributed by atoms with E-state index in [4.69, 9.17) is 4.74 Å². The van der Waals surface area contributed by atoms with E-state index >= 15 is 0 Å². The molecule has 3 aliphatic heterocycles. The van der Waals surface area contributed by atoms with Gasteiger partial charge in [-0.25, -0.2) is 0 Å². The van der Waals surface area contributed by atoms with E-state index in [1.54, 1.807) is 6.33 Å². The molecule has 126 valence electrons. The van der Waals surface area contributed by atoms with Crippen molar-refractivity contribution in [3.8, 4) is 0 Å². The van der Waals surface area contributed by atoms with Gasteiger partial charge in [0.15, 0.2) is 0 Å². The normalized spacial score (nSPS) is 37.5. The van der Waals surface area contributed by atoms with Crippen LogP contribution in [-0.4, -0.2) is 56.3 Å². The van der Waals surface area contributed by atoms with Crippen LogP contribution in [0.25, 0.3) is 5.65 Å². The molecule has 1 spiro atoms. The second-order valence-electron chi connectivity index (χ2n) is 7.92. The summed E-state index contributed by atoms with van der Waals surface area (Å²) in [6.45, 7) is 2.05. The number of nitrogens with zero attached hydrogens (tertiary/aromatic N) is 5. The third-order valence-corrected chi connectivity index (χ3v) is 6.60. The molecule has 4 fully saturated rings. The fraction of sp³-hybridized carbons (Fsp3) is 0.706. The second-order valence-corrected chi connectivity index (χ2v) is 7.92. The maximum Gasteiger partial charge on any atom is 0.200 e. The van der Waals surface area contributed by atoms with Gasteiger partial charge in [-0.15, -0.1) is 10.2 Å². The molecule has 7 nitrogen and oxygen atoms in total. The monoisotopic (exact) mass is 327 g/mol. The van der Waals surface area contributed by atoms with Crippen molar-refractivity contribution in [1.82, 2.24) is 19.8 Å². The Balaban J connectivity index is 1.42. The summed E-state index contributed by atoms with van der Waals surface area (Å²) in [6.07, 6.45) is 6.60. The summed E-state index contributed by atoms with van der Waals surface area (Å²) in [4.78, 5) is 2.40. The number of rotatable bonds is 3. The molecule has 2 aromatic rings. The molecule has 24 heavy (non-hydrogen) atoms. The average molecular weight is 327 g/mol. The Kier molecular flexibility index (Phi) is 2.52. The fourth-order valence-corrected chi connectivity index (χ4v) is 5.26. The van der Waals surface area contributed by atoms with Crippen LogP contribution in [0.1, 0.15) is 37.3 Å². The lowest BCUT2D eigenvalue weighted by molar-refractivity contribution is 0.0129. The van der Waals surface area contributed by atoms with Gasteiger partial charge in [0.1, 0.15) is 6.33 Å². The lowest BCUT2D eigenvalue weighted by Gasteiger charge is -2.27. The van der Waals surface area contributed by atoms with Crippen LogP contribution in [0.2, 0.25) is 0 Å². The fourth-order valence-electron chi connectivity index (χ4n) is 5.26. The van der Waals surface area contributed by atoms with Gasteiger partial charge in [0, 0.05) is 37.5 Å². The minimum Gasteiger partial charge on any atom is -0.396 e. The zero-order valence-corrected chi connectivity index (χ0v) is 13.5. The molecule has 2 bridgehead atoms. The van der Waals surface area contributed by atoms with Crippen molar-refractivity contribution in [3.05, 3.63) is 18.1 Å². The standard InChI is InChI=1S/C17H21N5O2/c23-7-11-12-6-21(8-17(12)4-3-15(11)24-17)14-5-13(10-1-2-10)20-22-9-18-19-16(14)22/h5,9-12,15,23H,1-4,6-8H2/t11-,12+,15+,17+/m1/s1. The van der Waals surface area contributed by atoms with Crippen molar-refractivity contribution < 1.29 is 9.84 Å². The Bertz CT molecular complexity index is 818. The van der Waals surface area contributed by atoms with E-state index in [0.29, 0.717) is 11.8 Å². The van der Waals surface area contributed by atoms with E-state index < -0.39 is 0 Å². The Morgan fingerprint density at radius 2 is 2.25 bits per heavy atom. The first kappa shape index (κ1) is 13.5. The number of hydrogen-bond donors (Lipinski definition) is 1. The Morgan fingerprint density at radius 1 is 1.33 bits per heavy atom. The van der Waals surface area contributed by atoms with Crippen molar-refractivity contribution in [1.29, 1.82) is 0 Å². The van der Waals surface area contributed by atoms with E-state index in [1.807, 2.05) is 4.52 Å². The molecule has 4 atom stereocenters. The van der Waals surface area contributed by atoms with Crippen LogP contribution in [0, 0.1) is 11.8 Å². The minimum atomic E-state index is -0.0713. The van der Waals surface area contributed by atoms with Gasteiger partial charge in [0.05, 0.1) is 23.1 Å². The summed E-state index contributed by atoms with van der Waals surface area (Å²) in [7, 11) is 0. The molecule has 0 unspecified atom stereocenters. The third kappa shape index (κ3) is 1.66. The molecule has 1 aliphatic carbocycles. The van der Waals surface area contributed by atoms with Crippen molar-refractivity contribution in [2.75, 3.05) is 24.6 Å². The highest BCUT2D eigenvalue weighted by molar-refractivity contribution is 5.69. The molecule has 0 amide bonds. The summed E-state index contributed by atoms with van der Waals surface area (Å²) >= 11 is 0. The van der Waals surface area contributed by atoms with Gasteiger partial charge in [0.2, 0.25) is 5.65 Å². The van der Waals surface area contributed by atoms with Gasteiger partial charge < -0.3 is 14.7 Å². The Hall–Kier alpha value is -1.73. The predicted octanol–water partition coefficient (Wildman–Crippen LogP) is 0.978. The van der Waals surface area contributed by atoms with Crippen LogP contribution in [-0.2, 0) is 4.74 Å². The lowest BCUT2D eigenvalue weighted by Crippen LogP contribution is -2.37. The quantitative estimate of drug-likeness (QED) is 0.906. The van der Waals surface area contributed by atoms with Gasteiger partial charge >= 0.3 is 0 Å². The molecule has 5 heterocycles. The molecular formula is C17H21N5O2. The van der Waals surface area contributed by atoms with Gasteiger partial charge in [-0.1, -0.05) is 0 Å². The molecular weight excluding hydrogens is 306 g/mol. The van der Waals surface area contributed by atoms with Gasteiger partial charge in [-0.2, -0.15) is 9.61 Å². The highest BCUT2D eigenvalue weighted by atomic mass is 16.5. The van der Waals surface area contributed by atoms with Crippen LogP contribution in [0.3, 0.4) is 0 Å². The number of aromatic nitrogens is 4. The molecule has 0 aromatic carbocycles. The van der Waals surface area contributed by atoms with Gasteiger partial charge in [0.25, 0.3) is 0 Å². The van der Waals surface area contributed by atoms with Crippen molar-refractivity contribution in [2.45, 2.75) is 43.3 Å². The number of fused-ring (bicyclic) bond motifs is 2. The number of anilines is 1. The van der Waals surface area contributed by atoms with E-state index in [1.165, 1.54) is 12.8 Å². The minimum absolute atomic E-state index is 0.0713. The first-order chi connectivity index (χ1) is 11.8. The highest BCUT2D eigenvalue weighted by Crippen LogP contribution is 2.55. The Labute approximate surface area is 139 Å². The molecule has 1 N–H and O–H groups in total. The number of ether oxygens (including phenoxy) is 1. The highest BCUT2D eigenvalue weighted by Gasteiger charge is 2.63. The topological polar surface area (TPSA) is 75.8 Å². The molecule has 2 aromatic heterocycles. The Morgan fingerprint density at radius 3 is 3.08 bits per heavy atom. The summed E-state index contributed by atoms with van der Waals surface area (Å²) in [5.74, 6) is 1.29. The average Bonchev–Trinajstić information content (AvgIpc) is 2.97. The molecule has 3 saturated heterocycles. The van der Waals surface area contributed by atoms with Crippen LogP contribution < -0.4 is 4.90 Å². The zero-order valence-electron chi connectivity index (χ0n) is 13.5. The summed E-state index contributed by atoms with van der Waals surface area (Å²) in [6, 6.07) is 2.21. The summed E-state index contributed by atoms with van der Waals surface area (Å²) in [5.41, 5.74) is 3.02. The van der Waals surface area contributed by atoms with E-state index in [9.17, 15) is 5.11 Å². The smallest absolute Gasteiger partial charge is 0.200 e. The molecule has 4 aliphatic rings. The first-order valence-electron chi connectivity index (χ1n) is 9.02. The largest absolute Gasteiger partial charge is 0.396 e. The van der Waals surface area contributed by atoms with Gasteiger partial charge in [-0.05, 0) is 31.7 Å². The maximum absolute atomic E-state index is 9.82. The van der Waals surface area contributed by atoms with Crippen molar-refractivity contribution >= 4 is 11.3 Å². The van der Waals surface area contributed by atoms with Crippen LogP contribution in [0.5, 0.6) is 0 Å². The molecule has 6 rings (SSSR count). The SMILES string of the molecule is OC[C@H]1[C@@H]2CC[C@@]3(CN(c4cc(C5CC5)nn5cnnc45)C[C@@H]13)O2. The van der Waals surface area contributed by atoms with Crippen molar-refractivity contribution in [3.63, 3.8) is 0 Å². The molecule has 0 radical (unpaired) electrons. The summed E-state index contributed by atoms with van der Waals surface area (Å²) < 4.78 is 8.18. The summed E-state index contributed by atoms with van der Waals surface area (Å²) in [5, 5.41) is 22.8. The second kappa shape index (κ2) is 4.46.